The molecule has 0 fully saturated rings. The largest absolute Gasteiger partial charge is 0.345 e. The zero-order valence-electron chi connectivity index (χ0n) is 16.4. The van der Waals surface area contributed by atoms with E-state index >= 15 is 0 Å². The van der Waals surface area contributed by atoms with Crippen molar-refractivity contribution in [3.05, 3.63) is 102 Å². The first-order chi connectivity index (χ1) is 14.1. The first kappa shape index (κ1) is 18.9. The molecule has 29 heavy (non-hydrogen) atoms. The van der Waals surface area contributed by atoms with Crippen LogP contribution in [-0.4, -0.2) is 17.9 Å². The van der Waals surface area contributed by atoms with E-state index in [1.165, 1.54) is 5.56 Å². The fourth-order valence-corrected chi connectivity index (χ4v) is 3.99. The Kier molecular flexibility index (Phi) is 5.43. The standard InChI is InChI=1S/C25H24N2O2/c1-18-16-21-14-8-9-15-23(21)27(18)24(28)17-22(19-10-4-2-5-11-19)26-25(29)20-12-6-3-7-13-20/h2-15,18,22H,16-17H2,1H3,(H,26,29). The van der Waals surface area contributed by atoms with Crippen LogP contribution >= 0.6 is 0 Å². The van der Waals surface area contributed by atoms with Crippen molar-refractivity contribution in [2.75, 3.05) is 4.90 Å². The normalized spacial score (nSPS) is 16.2. The quantitative estimate of drug-likeness (QED) is 0.703. The highest BCUT2D eigenvalue weighted by molar-refractivity contribution is 5.98. The fraction of sp³-hybridized carbons (Fsp3) is 0.200. The van der Waals surface area contributed by atoms with Crippen molar-refractivity contribution in [3.8, 4) is 0 Å². The van der Waals surface area contributed by atoms with E-state index < -0.39 is 6.04 Å². The van der Waals surface area contributed by atoms with E-state index in [1.807, 2.05) is 71.6 Å². The van der Waals surface area contributed by atoms with Crippen LogP contribution in [0.2, 0.25) is 0 Å². The van der Waals surface area contributed by atoms with Gasteiger partial charge in [0.2, 0.25) is 5.91 Å². The molecule has 1 aliphatic rings. The van der Waals surface area contributed by atoms with Crippen LogP contribution in [0.1, 0.15) is 40.9 Å². The number of benzene rings is 3. The van der Waals surface area contributed by atoms with Crippen LogP contribution in [0.5, 0.6) is 0 Å². The van der Waals surface area contributed by atoms with Gasteiger partial charge in [0.15, 0.2) is 0 Å². The fourth-order valence-electron chi connectivity index (χ4n) is 3.99. The summed E-state index contributed by atoms with van der Waals surface area (Å²) in [5.41, 5.74) is 3.68. The van der Waals surface area contributed by atoms with Gasteiger partial charge in [-0.1, -0.05) is 66.7 Å². The molecule has 2 unspecified atom stereocenters. The Morgan fingerprint density at radius 1 is 0.931 bits per heavy atom. The Morgan fingerprint density at radius 2 is 1.55 bits per heavy atom. The summed E-state index contributed by atoms with van der Waals surface area (Å²) < 4.78 is 0. The third kappa shape index (κ3) is 4.06. The predicted molar refractivity (Wildman–Crippen MR) is 115 cm³/mol. The molecule has 0 radical (unpaired) electrons. The molecule has 2 amide bonds. The monoisotopic (exact) mass is 384 g/mol. The number of carbonyl (C=O) groups is 2. The van der Waals surface area contributed by atoms with Crippen LogP contribution in [0, 0.1) is 0 Å². The highest BCUT2D eigenvalue weighted by Crippen LogP contribution is 2.33. The lowest BCUT2D eigenvalue weighted by Gasteiger charge is -2.26. The van der Waals surface area contributed by atoms with Gasteiger partial charge in [0.1, 0.15) is 0 Å². The molecule has 4 rings (SSSR count). The maximum atomic E-state index is 13.3. The first-order valence-corrected chi connectivity index (χ1v) is 9.94. The molecular weight excluding hydrogens is 360 g/mol. The summed E-state index contributed by atoms with van der Waals surface area (Å²) in [5.74, 6) is -0.160. The molecule has 4 heteroatoms. The molecule has 0 spiro atoms. The Balaban J connectivity index is 1.57. The summed E-state index contributed by atoms with van der Waals surface area (Å²) >= 11 is 0. The van der Waals surface area contributed by atoms with Gasteiger partial charge < -0.3 is 10.2 Å². The minimum absolute atomic E-state index is 0.0182. The van der Waals surface area contributed by atoms with E-state index in [4.69, 9.17) is 0 Å². The molecule has 0 aromatic heterocycles. The van der Waals surface area contributed by atoms with Crippen molar-refractivity contribution >= 4 is 17.5 Å². The van der Waals surface area contributed by atoms with Crippen LogP contribution in [0.3, 0.4) is 0 Å². The van der Waals surface area contributed by atoms with Gasteiger partial charge in [-0.15, -0.1) is 0 Å². The van der Waals surface area contributed by atoms with Gasteiger partial charge in [-0.05, 0) is 42.7 Å². The average Bonchev–Trinajstić information content (AvgIpc) is 3.10. The number of para-hydroxylation sites is 1. The minimum atomic E-state index is -0.392. The van der Waals surface area contributed by atoms with Crippen molar-refractivity contribution in [1.82, 2.24) is 5.32 Å². The number of fused-ring (bicyclic) bond motifs is 1. The van der Waals surface area contributed by atoms with Crippen molar-refractivity contribution in [2.45, 2.75) is 31.8 Å². The minimum Gasteiger partial charge on any atom is -0.345 e. The van der Waals surface area contributed by atoms with Gasteiger partial charge in [-0.3, -0.25) is 9.59 Å². The Labute approximate surface area is 171 Å². The second-order valence-corrected chi connectivity index (χ2v) is 7.45. The lowest BCUT2D eigenvalue weighted by atomic mass is 10.0. The van der Waals surface area contributed by atoms with Gasteiger partial charge in [0.05, 0.1) is 12.5 Å². The lowest BCUT2D eigenvalue weighted by Crippen LogP contribution is -2.39. The SMILES string of the molecule is CC1Cc2ccccc2N1C(=O)CC(NC(=O)c1ccccc1)c1ccccc1. The van der Waals surface area contributed by atoms with E-state index in [-0.39, 0.29) is 24.3 Å². The van der Waals surface area contributed by atoms with E-state index in [0.717, 1.165) is 17.7 Å². The lowest BCUT2D eigenvalue weighted by molar-refractivity contribution is -0.119. The number of carbonyl (C=O) groups excluding carboxylic acids is 2. The molecule has 0 bridgehead atoms. The molecule has 4 nitrogen and oxygen atoms in total. The van der Waals surface area contributed by atoms with Crippen LogP contribution < -0.4 is 10.2 Å². The second kappa shape index (κ2) is 8.31. The summed E-state index contributed by atoms with van der Waals surface area (Å²) in [7, 11) is 0. The second-order valence-electron chi connectivity index (χ2n) is 7.45. The van der Waals surface area contributed by atoms with E-state index in [1.54, 1.807) is 12.1 Å². The maximum Gasteiger partial charge on any atom is 0.251 e. The van der Waals surface area contributed by atoms with E-state index in [0.29, 0.717) is 5.56 Å². The molecule has 1 N–H and O–H groups in total. The molecule has 3 aromatic rings. The molecule has 0 saturated carbocycles. The number of nitrogens with zero attached hydrogens (tertiary/aromatic N) is 1. The molecule has 1 aliphatic heterocycles. The first-order valence-electron chi connectivity index (χ1n) is 9.94. The molecule has 2 atom stereocenters. The number of hydrogen-bond acceptors (Lipinski definition) is 2. The van der Waals surface area contributed by atoms with Gasteiger partial charge in [-0.25, -0.2) is 0 Å². The number of rotatable bonds is 5. The van der Waals surface area contributed by atoms with Crippen molar-refractivity contribution < 1.29 is 9.59 Å². The summed E-state index contributed by atoms with van der Waals surface area (Å²) in [6, 6.07) is 26.5. The van der Waals surface area contributed by atoms with E-state index in [2.05, 4.69) is 18.3 Å². The molecule has 1 heterocycles. The van der Waals surface area contributed by atoms with Crippen LogP contribution in [0.4, 0.5) is 5.69 Å². The number of anilines is 1. The topological polar surface area (TPSA) is 49.4 Å². The smallest absolute Gasteiger partial charge is 0.251 e. The van der Waals surface area contributed by atoms with E-state index in [9.17, 15) is 9.59 Å². The summed E-state index contributed by atoms with van der Waals surface area (Å²) in [4.78, 5) is 27.9. The van der Waals surface area contributed by atoms with Crippen LogP contribution in [0.25, 0.3) is 0 Å². The zero-order valence-corrected chi connectivity index (χ0v) is 16.4. The third-order valence-electron chi connectivity index (χ3n) is 5.40. The number of amides is 2. The molecule has 0 saturated heterocycles. The Morgan fingerprint density at radius 3 is 2.28 bits per heavy atom. The average molecular weight is 384 g/mol. The van der Waals surface area contributed by atoms with Crippen LogP contribution in [-0.2, 0) is 11.2 Å². The highest BCUT2D eigenvalue weighted by atomic mass is 16.2. The van der Waals surface area contributed by atoms with Crippen LogP contribution in [0.15, 0.2) is 84.9 Å². The van der Waals surface area contributed by atoms with Crippen molar-refractivity contribution in [2.24, 2.45) is 0 Å². The van der Waals surface area contributed by atoms with Gasteiger partial charge in [0.25, 0.3) is 5.91 Å². The highest BCUT2D eigenvalue weighted by Gasteiger charge is 2.32. The zero-order chi connectivity index (χ0) is 20.2. The van der Waals surface area contributed by atoms with Crippen molar-refractivity contribution in [1.29, 1.82) is 0 Å². The van der Waals surface area contributed by atoms with Gasteiger partial charge in [0, 0.05) is 17.3 Å². The summed E-state index contributed by atoms with van der Waals surface area (Å²) in [6.45, 7) is 2.07. The summed E-state index contributed by atoms with van der Waals surface area (Å²) in [5, 5.41) is 3.06. The predicted octanol–water partition coefficient (Wildman–Crippen LogP) is 4.53. The third-order valence-corrected chi connectivity index (χ3v) is 5.40. The number of hydrogen-bond donors (Lipinski definition) is 1. The molecule has 146 valence electrons. The molecule has 0 aliphatic carbocycles. The number of nitrogens with one attached hydrogen (secondary N) is 1. The Bertz CT molecular complexity index is 1000. The maximum absolute atomic E-state index is 13.3. The van der Waals surface area contributed by atoms with Gasteiger partial charge >= 0.3 is 0 Å². The Hall–Kier alpha value is -3.40. The van der Waals surface area contributed by atoms with Crippen molar-refractivity contribution in [3.63, 3.8) is 0 Å². The summed E-state index contributed by atoms with van der Waals surface area (Å²) in [6.07, 6.45) is 1.07. The van der Waals surface area contributed by atoms with Gasteiger partial charge in [-0.2, -0.15) is 0 Å². The molecule has 3 aromatic carbocycles. The molecular formula is C25H24N2O2.